The molecule has 5 heteroatoms. The molecule has 1 heterocycles. The Morgan fingerprint density at radius 2 is 2.23 bits per heavy atom. The van der Waals surface area contributed by atoms with Crippen LogP contribution in [0.4, 0.5) is 0 Å². The molecule has 0 saturated carbocycles. The lowest BCUT2D eigenvalue weighted by Crippen LogP contribution is -2.05. The molecule has 0 aromatic carbocycles. The van der Waals surface area contributed by atoms with Crippen molar-refractivity contribution in [1.29, 1.82) is 5.26 Å². The minimum Gasteiger partial charge on any atom is -0.474 e. The summed E-state index contributed by atoms with van der Waals surface area (Å²) < 4.78 is 9.92. The van der Waals surface area contributed by atoms with Crippen LogP contribution in [0.3, 0.4) is 0 Å². The molecule has 0 N–H and O–H groups in total. The number of nitrogens with zero attached hydrogens (tertiary/aromatic N) is 3. The molecule has 0 radical (unpaired) electrons. The fraction of sp³-hybridized carbons (Fsp3) is 0.375. The van der Waals surface area contributed by atoms with E-state index in [1.54, 1.807) is 7.11 Å². The van der Waals surface area contributed by atoms with Gasteiger partial charge in [0.1, 0.15) is 12.7 Å². The third-order valence-corrected chi connectivity index (χ3v) is 1.28. The van der Waals surface area contributed by atoms with Crippen molar-refractivity contribution in [3.63, 3.8) is 0 Å². The fourth-order valence-electron chi connectivity index (χ4n) is 0.678. The number of aromatic nitrogens is 2. The van der Waals surface area contributed by atoms with Gasteiger partial charge in [-0.05, 0) is 0 Å². The third kappa shape index (κ3) is 3.05. The summed E-state index contributed by atoms with van der Waals surface area (Å²) in [5.41, 5.74) is 0.277. The molecule has 0 saturated heterocycles. The van der Waals surface area contributed by atoms with Gasteiger partial charge in [0.25, 0.3) is 0 Å². The molecule has 0 atom stereocenters. The second-order valence-electron chi connectivity index (χ2n) is 2.19. The van der Waals surface area contributed by atoms with Crippen molar-refractivity contribution in [2.75, 3.05) is 20.3 Å². The van der Waals surface area contributed by atoms with Crippen molar-refractivity contribution in [3.05, 3.63) is 18.1 Å². The highest BCUT2D eigenvalue weighted by atomic mass is 16.5. The molecule has 0 fully saturated rings. The Kier molecular flexibility index (Phi) is 3.67. The zero-order valence-electron chi connectivity index (χ0n) is 7.23. The van der Waals surface area contributed by atoms with Crippen LogP contribution < -0.4 is 4.74 Å². The van der Waals surface area contributed by atoms with Crippen LogP contribution in [-0.2, 0) is 4.74 Å². The van der Waals surface area contributed by atoms with Gasteiger partial charge in [-0.3, -0.25) is 0 Å². The zero-order chi connectivity index (χ0) is 9.52. The van der Waals surface area contributed by atoms with E-state index in [2.05, 4.69) is 9.97 Å². The summed E-state index contributed by atoms with van der Waals surface area (Å²) in [5, 5.41) is 8.43. The zero-order valence-corrected chi connectivity index (χ0v) is 7.23. The molecule has 0 aliphatic carbocycles. The molecule has 0 aliphatic rings. The van der Waals surface area contributed by atoms with E-state index in [9.17, 15) is 0 Å². The van der Waals surface area contributed by atoms with Crippen LogP contribution in [0.2, 0.25) is 0 Å². The predicted molar refractivity (Wildman–Crippen MR) is 44.1 cm³/mol. The molecule has 5 nitrogen and oxygen atoms in total. The molecule has 0 bridgehead atoms. The molecule has 1 aromatic heterocycles. The van der Waals surface area contributed by atoms with Crippen molar-refractivity contribution < 1.29 is 9.47 Å². The van der Waals surface area contributed by atoms with Gasteiger partial charge in [0, 0.05) is 7.11 Å². The Labute approximate surface area is 76.0 Å². The first-order valence-corrected chi connectivity index (χ1v) is 3.70. The highest BCUT2D eigenvalue weighted by Crippen LogP contribution is 2.02. The minimum absolute atomic E-state index is 0.277. The molecule has 1 aromatic rings. The van der Waals surface area contributed by atoms with E-state index in [-0.39, 0.29) is 5.69 Å². The Hall–Kier alpha value is -1.67. The molecular formula is C8H9N3O2. The van der Waals surface area contributed by atoms with E-state index < -0.39 is 0 Å². The van der Waals surface area contributed by atoms with E-state index in [1.807, 2.05) is 6.07 Å². The van der Waals surface area contributed by atoms with Crippen LogP contribution in [0.1, 0.15) is 5.69 Å². The Bertz CT molecular complexity index is 291. The highest BCUT2D eigenvalue weighted by Gasteiger charge is 1.96. The second kappa shape index (κ2) is 5.06. The van der Waals surface area contributed by atoms with Crippen molar-refractivity contribution in [2.24, 2.45) is 0 Å². The predicted octanol–water partition coefficient (Wildman–Crippen LogP) is 0.373. The largest absolute Gasteiger partial charge is 0.474 e. The summed E-state index contributed by atoms with van der Waals surface area (Å²) in [4.78, 5) is 7.65. The molecular weight excluding hydrogens is 170 g/mol. The summed E-state index contributed by atoms with van der Waals surface area (Å²) in [5.74, 6) is 0.399. The maximum absolute atomic E-state index is 8.43. The van der Waals surface area contributed by atoms with Crippen LogP contribution in [0.25, 0.3) is 0 Å². The Balaban J connectivity index is 2.46. The number of rotatable bonds is 4. The smallest absolute Gasteiger partial charge is 0.232 e. The monoisotopic (exact) mass is 179 g/mol. The summed E-state index contributed by atoms with van der Waals surface area (Å²) in [6, 6.07) is 1.87. The topological polar surface area (TPSA) is 68.0 Å². The average Bonchev–Trinajstić information content (AvgIpc) is 2.19. The second-order valence-corrected chi connectivity index (χ2v) is 2.19. The summed E-state index contributed by atoms with van der Waals surface area (Å²) in [6.45, 7) is 0.929. The summed E-state index contributed by atoms with van der Waals surface area (Å²) in [7, 11) is 1.59. The lowest BCUT2D eigenvalue weighted by molar-refractivity contribution is 0.143. The van der Waals surface area contributed by atoms with E-state index in [0.717, 1.165) is 0 Å². The number of hydrogen-bond acceptors (Lipinski definition) is 5. The van der Waals surface area contributed by atoms with Gasteiger partial charge in [0.15, 0.2) is 5.69 Å². The van der Waals surface area contributed by atoms with Gasteiger partial charge >= 0.3 is 0 Å². The van der Waals surface area contributed by atoms with Crippen molar-refractivity contribution in [2.45, 2.75) is 0 Å². The Morgan fingerprint density at radius 3 is 2.77 bits per heavy atom. The maximum atomic E-state index is 8.43. The fourth-order valence-corrected chi connectivity index (χ4v) is 0.678. The van der Waals surface area contributed by atoms with Crippen LogP contribution >= 0.6 is 0 Å². The number of ether oxygens (including phenoxy) is 2. The van der Waals surface area contributed by atoms with Gasteiger partial charge in [-0.2, -0.15) is 5.26 Å². The molecule has 68 valence electrons. The number of nitriles is 1. The molecule has 0 unspecified atom stereocenters. The normalized spacial score (nSPS) is 9.23. The first kappa shape index (κ1) is 9.42. The van der Waals surface area contributed by atoms with Crippen LogP contribution in [0.15, 0.2) is 12.4 Å². The van der Waals surface area contributed by atoms with Crippen molar-refractivity contribution >= 4 is 0 Å². The molecule has 13 heavy (non-hydrogen) atoms. The van der Waals surface area contributed by atoms with Crippen LogP contribution in [0.5, 0.6) is 5.88 Å². The summed E-state index contributed by atoms with van der Waals surface area (Å²) >= 11 is 0. The van der Waals surface area contributed by atoms with Gasteiger partial charge in [0.2, 0.25) is 5.88 Å². The van der Waals surface area contributed by atoms with Crippen molar-refractivity contribution in [3.8, 4) is 11.9 Å². The SMILES string of the molecule is COCCOc1cnc(C#N)cn1. The van der Waals surface area contributed by atoms with Gasteiger partial charge in [-0.15, -0.1) is 0 Å². The lowest BCUT2D eigenvalue weighted by Gasteiger charge is -2.02. The van der Waals surface area contributed by atoms with Gasteiger partial charge in [-0.25, -0.2) is 9.97 Å². The van der Waals surface area contributed by atoms with Crippen LogP contribution in [0, 0.1) is 11.3 Å². The molecule has 1 rings (SSSR count). The van der Waals surface area contributed by atoms with Crippen molar-refractivity contribution in [1.82, 2.24) is 9.97 Å². The number of methoxy groups -OCH3 is 1. The van der Waals surface area contributed by atoms with E-state index in [1.165, 1.54) is 12.4 Å². The van der Waals surface area contributed by atoms with Gasteiger partial charge in [0.05, 0.1) is 19.0 Å². The van der Waals surface area contributed by atoms with Crippen LogP contribution in [-0.4, -0.2) is 30.3 Å². The quantitative estimate of drug-likeness (QED) is 0.625. The first-order chi connectivity index (χ1) is 6.36. The molecule has 0 spiro atoms. The van der Waals surface area contributed by atoms with E-state index in [4.69, 9.17) is 14.7 Å². The van der Waals surface area contributed by atoms with E-state index >= 15 is 0 Å². The lowest BCUT2D eigenvalue weighted by atomic mass is 10.5. The standard InChI is InChI=1S/C8H9N3O2/c1-12-2-3-13-8-6-10-7(4-9)5-11-8/h5-6H,2-3H2,1H3. The average molecular weight is 179 g/mol. The Morgan fingerprint density at radius 1 is 1.38 bits per heavy atom. The minimum atomic E-state index is 0.277. The van der Waals surface area contributed by atoms with Gasteiger partial charge < -0.3 is 9.47 Å². The number of hydrogen-bond donors (Lipinski definition) is 0. The third-order valence-electron chi connectivity index (χ3n) is 1.28. The molecule has 0 aliphatic heterocycles. The van der Waals surface area contributed by atoms with E-state index in [0.29, 0.717) is 19.1 Å². The molecule has 0 amide bonds. The highest BCUT2D eigenvalue weighted by molar-refractivity contribution is 5.18. The van der Waals surface area contributed by atoms with Gasteiger partial charge in [-0.1, -0.05) is 0 Å². The maximum Gasteiger partial charge on any atom is 0.232 e. The summed E-state index contributed by atoms with van der Waals surface area (Å²) in [6.07, 6.45) is 2.77. The first-order valence-electron chi connectivity index (χ1n) is 3.70.